The first-order chi connectivity index (χ1) is 6.45. The standard InChI is InChI=1S/C11H8OS/c1-2-8-3-4-9-5-7-13-11(9)10(8)12-6-1/h1,3-7H,2H2. The van der Waals surface area contributed by atoms with E-state index in [1.165, 1.54) is 15.6 Å². The van der Waals surface area contributed by atoms with E-state index in [9.17, 15) is 0 Å². The van der Waals surface area contributed by atoms with E-state index in [1.807, 2.05) is 6.08 Å². The van der Waals surface area contributed by atoms with Crippen LogP contribution in [0.15, 0.2) is 35.9 Å². The molecule has 0 spiro atoms. The fourth-order valence-electron chi connectivity index (χ4n) is 1.63. The van der Waals surface area contributed by atoms with Gasteiger partial charge in [-0.15, -0.1) is 11.3 Å². The van der Waals surface area contributed by atoms with Crippen molar-refractivity contribution in [1.29, 1.82) is 0 Å². The molecule has 0 radical (unpaired) electrons. The first-order valence-corrected chi connectivity index (χ1v) is 5.14. The summed E-state index contributed by atoms with van der Waals surface area (Å²) in [6, 6.07) is 6.43. The van der Waals surface area contributed by atoms with Crippen molar-refractivity contribution in [3.8, 4) is 5.75 Å². The van der Waals surface area contributed by atoms with Crippen LogP contribution in [0, 0.1) is 0 Å². The highest BCUT2D eigenvalue weighted by Gasteiger charge is 2.10. The first-order valence-electron chi connectivity index (χ1n) is 4.26. The van der Waals surface area contributed by atoms with Gasteiger partial charge in [-0.05, 0) is 29.3 Å². The summed E-state index contributed by atoms with van der Waals surface area (Å²) in [5.74, 6) is 1.05. The van der Waals surface area contributed by atoms with Crippen molar-refractivity contribution >= 4 is 21.4 Å². The fourth-order valence-corrected chi connectivity index (χ4v) is 2.54. The maximum absolute atomic E-state index is 5.52. The second kappa shape index (κ2) is 2.60. The molecule has 2 heterocycles. The third-order valence-electron chi connectivity index (χ3n) is 2.28. The predicted molar refractivity (Wildman–Crippen MR) is 55.3 cm³/mol. The van der Waals surface area contributed by atoms with Crippen LogP contribution in [0.25, 0.3) is 10.1 Å². The highest BCUT2D eigenvalue weighted by atomic mass is 32.1. The van der Waals surface area contributed by atoms with Crippen molar-refractivity contribution in [3.63, 3.8) is 0 Å². The molecule has 2 heteroatoms. The highest BCUT2D eigenvalue weighted by Crippen LogP contribution is 2.35. The summed E-state index contributed by atoms with van der Waals surface area (Å²) in [5.41, 5.74) is 1.29. The minimum Gasteiger partial charge on any atom is -0.464 e. The second-order valence-electron chi connectivity index (χ2n) is 3.09. The van der Waals surface area contributed by atoms with Gasteiger partial charge in [0.1, 0.15) is 5.75 Å². The van der Waals surface area contributed by atoms with E-state index < -0.39 is 0 Å². The molecule has 2 aromatic rings. The third kappa shape index (κ3) is 0.988. The zero-order chi connectivity index (χ0) is 8.67. The van der Waals surface area contributed by atoms with Crippen molar-refractivity contribution in [2.45, 2.75) is 6.42 Å². The molecule has 0 saturated carbocycles. The zero-order valence-corrected chi connectivity index (χ0v) is 7.80. The van der Waals surface area contributed by atoms with Gasteiger partial charge in [0.15, 0.2) is 0 Å². The van der Waals surface area contributed by atoms with Gasteiger partial charge < -0.3 is 4.74 Å². The molecule has 0 fully saturated rings. The van der Waals surface area contributed by atoms with E-state index >= 15 is 0 Å². The van der Waals surface area contributed by atoms with Crippen LogP contribution in [0.4, 0.5) is 0 Å². The largest absolute Gasteiger partial charge is 0.464 e. The minimum atomic E-state index is 0.989. The van der Waals surface area contributed by atoms with E-state index in [0.717, 1.165) is 12.2 Å². The van der Waals surface area contributed by atoms with Crippen molar-refractivity contribution in [2.75, 3.05) is 0 Å². The summed E-state index contributed by atoms with van der Waals surface area (Å²) in [6.07, 6.45) is 4.81. The normalized spacial score (nSPS) is 14.2. The quantitative estimate of drug-likeness (QED) is 0.616. The monoisotopic (exact) mass is 188 g/mol. The van der Waals surface area contributed by atoms with Crippen LogP contribution in [0.5, 0.6) is 5.75 Å². The molecule has 3 rings (SSSR count). The summed E-state index contributed by atoms with van der Waals surface area (Å²) in [5, 5.41) is 3.38. The lowest BCUT2D eigenvalue weighted by molar-refractivity contribution is 0.471. The fraction of sp³-hybridized carbons (Fsp3) is 0.0909. The number of ether oxygens (including phenoxy) is 1. The number of hydrogen-bond donors (Lipinski definition) is 0. The van der Waals surface area contributed by atoms with E-state index in [2.05, 4.69) is 23.6 Å². The summed E-state index contributed by atoms with van der Waals surface area (Å²) in [7, 11) is 0. The van der Waals surface area contributed by atoms with E-state index in [-0.39, 0.29) is 0 Å². The van der Waals surface area contributed by atoms with Gasteiger partial charge in [-0.1, -0.05) is 12.1 Å². The Morgan fingerprint density at radius 1 is 1.23 bits per heavy atom. The van der Waals surface area contributed by atoms with E-state index in [0.29, 0.717) is 0 Å². The molecule has 1 nitrogen and oxygen atoms in total. The van der Waals surface area contributed by atoms with Gasteiger partial charge in [0.05, 0.1) is 11.0 Å². The Kier molecular flexibility index (Phi) is 1.43. The zero-order valence-electron chi connectivity index (χ0n) is 6.99. The van der Waals surface area contributed by atoms with Crippen LogP contribution in [-0.4, -0.2) is 0 Å². The van der Waals surface area contributed by atoms with E-state index in [1.54, 1.807) is 17.6 Å². The first kappa shape index (κ1) is 7.15. The van der Waals surface area contributed by atoms with Gasteiger partial charge in [-0.25, -0.2) is 0 Å². The molecular weight excluding hydrogens is 180 g/mol. The highest BCUT2D eigenvalue weighted by molar-refractivity contribution is 7.17. The molecule has 1 aliphatic rings. The molecule has 1 aromatic heterocycles. The van der Waals surface area contributed by atoms with Crippen LogP contribution in [0.1, 0.15) is 5.56 Å². The Bertz CT molecular complexity index is 482. The molecular formula is C11H8OS. The molecule has 0 N–H and O–H groups in total. The molecule has 0 aliphatic carbocycles. The second-order valence-corrected chi connectivity index (χ2v) is 4.00. The Hall–Kier alpha value is -1.28. The van der Waals surface area contributed by atoms with Gasteiger partial charge in [0.25, 0.3) is 0 Å². The smallest absolute Gasteiger partial charge is 0.147 e. The summed E-state index contributed by atoms with van der Waals surface area (Å²) in [6.45, 7) is 0. The van der Waals surface area contributed by atoms with Crippen LogP contribution in [0.2, 0.25) is 0 Å². The van der Waals surface area contributed by atoms with Crippen molar-refractivity contribution in [1.82, 2.24) is 0 Å². The Balaban J connectivity index is 2.38. The van der Waals surface area contributed by atoms with Crippen molar-refractivity contribution in [3.05, 3.63) is 41.5 Å². The van der Waals surface area contributed by atoms with Crippen LogP contribution in [-0.2, 0) is 6.42 Å². The van der Waals surface area contributed by atoms with Crippen LogP contribution >= 0.6 is 11.3 Å². The van der Waals surface area contributed by atoms with Gasteiger partial charge in [-0.2, -0.15) is 0 Å². The predicted octanol–water partition coefficient (Wildman–Crippen LogP) is 3.35. The molecule has 0 unspecified atom stereocenters. The lowest BCUT2D eigenvalue weighted by atomic mass is 10.1. The van der Waals surface area contributed by atoms with E-state index in [4.69, 9.17) is 4.74 Å². The van der Waals surface area contributed by atoms with Crippen LogP contribution < -0.4 is 4.74 Å². The number of hydrogen-bond acceptors (Lipinski definition) is 2. The average Bonchev–Trinajstić information content (AvgIpc) is 2.65. The number of rotatable bonds is 0. The van der Waals surface area contributed by atoms with Gasteiger partial charge in [-0.3, -0.25) is 0 Å². The average molecular weight is 188 g/mol. The molecule has 13 heavy (non-hydrogen) atoms. The Labute approximate surface area is 80.3 Å². The molecule has 64 valence electrons. The number of benzene rings is 1. The molecule has 0 bridgehead atoms. The molecule has 1 aromatic carbocycles. The summed E-state index contributed by atoms with van der Waals surface area (Å²) in [4.78, 5) is 0. The molecule has 0 amide bonds. The van der Waals surface area contributed by atoms with Gasteiger partial charge in [0, 0.05) is 5.56 Å². The third-order valence-corrected chi connectivity index (χ3v) is 3.21. The Morgan fingerprint density at radius 3 is 3.23 bits per heavy atom. The van der Waals surface area contributed by atoms with Crippen molar-refractivity contribution in [2.24, 2.45) is 0 Å². The summed E-state index contributed by atoms with van der Waals surface area (Å²) < 4.78 is 6.79. The molecule has 0 atom stereocenters. The lowest BCUT2D eigenvalue weighted by Crippen LogP contribution is -1.95. The topological polar surface area (TPSA) is 9.23 Å². The number of fused-ring (bicyclic) bond motifs is 3. The molecule has 1 aliphatic heterocycles. The van der Waals surface area contributed by atoms with Crippen molar-refractivity contribution < 1.29 is 4.74 Å². The maximum atomic E-state index is 5.52. The SMILES string of the molecule is C1=COc2c(ccc3ccsc23)C1. The van der Waals surface area contributed by atoms with Crippen LogP contribution in [0.3, 0.4) is 0 Å². The molecule has 0 saturated heterocycles. The summed E-state index contributed by atoms with van der Waals surface area (Å²) >= 11 is 1.74. The van der Waals surface area contributed by atoms with Gasteiger partial charge in [0.2, 0.25) is 0 Å². The maximum Gasteiger partial charge on any atom is 0.147 e. The Morgan fingerprint density at radius 2 is 2.23 bits per heavy atom. The van der Waals surface area contributed by atoms with Gasteiger partial charge >= 0.3 is 0 Å². The lowest BCUT2D eigenvalue weighted by Gasteiger charge is -2.11. The minimum absolute atomic E-state index is 0.989. The number of thiophene rings is 1. The number of allylic oxidation sites excluding steroid dienone is 1.